The summed E-state index contributed by atoms with van der Waals surface area (Å²) in [5, 5.41) is 4.15. The number of ether oxygens (including phenoxy) is 1. The van der Waals surface area contributed by atoms with Crippen molar-refractivity contribution in [2.75, 3.05) is 0 Å². The topological polar surface area (TPSA) is 53.1 Å². The van der Waals surface area contributed by atoms with Crippen molar-refractivity contribution in [1.29, 1.82) is 0 Å². The Bertz CT molecular complexity index is 581. The quantitative estimate of drug-likeness (QED) is 0.889. The summed E-state index contributed by atoms with van der Waals surface area (Å²) >= 11 is 0. The third kappa shape index (κ3) is 4.08. The number of hydrogen-bond donors (Lipinski definition) is 1. The van der Waals surface area contributed by atoms with E-state index in [0.717, 1.165) is 35.3 Å². The predicted molar refractivity (Wildman–Crippen MR) is 85.4 cm³/mol. The van der Waals surface area contributed by atoms with E-state index < -0.39 is 0 Å². The molecule has 1 unspecified atom stereocenters. The van der Waals surface area contributed by atoms with Crippen LogP contribution in [0.15, 0.2) is 24.5 Å². The fourth-order valence-electron chi connectivity index (χ4n) is 2.53. The summed E-state index contributed by atoms with van der Waals surface area (Å²) in [5.41, 5.74) is 10.7. The Hall–Kier alpha value is -1.81. The van der Waals surface area contributed by atoms with Crippen molar-refractivity contribution in [2.45, 2.75) is 46.3 Å². The van der Waals surface area contributed by atoms with Crippen LogP contribution in [0.25, 0.3) is 0 Å². The Labute approximate surface area is 126 Å². The van der Waals surface area contributed by atoms with Gasteiger partial charge >= 0.3 is 0 Å². The number of hydrogen-bond acceptors (Lipinski definition) is 3. The van der Waals surface area contributed by atoms with Gasteiger partial charge in [-0.3, -0.25) is 4.68 Å². The third-order valence-electron chi connectivity index (χ3n) is 3.68. The van der Waals surface area contributed by atoms with Crippen molar-refractivity contribution in [3.8, 4) is 5.75 Å². The maximum atomic E-state index is 6.04. The molecule has 114 valence electrons. The average molecular weight is 287 g/mol. The maximum absolute atomic E-state index is 6.04. The minimum Gasteiger partial charge on any atom is -0.488 e. The summed E-state index contributed by atoms with van der Waals surface area (Å²) in [7, 11) is 1.91. The first kappa shape index (κ1) is 15.6. The van der Waals surface area contributed by atoms with Gasteiger partial charge in [0.25, 0.3) is 0 Å². The zero-order valence-corrected chi connectivity index (χ0v) is 13.4. The number of rotatable bonds is 6. The fraction of sp³-hybridized carbons (Fsp3) is 0.471. The Balaban J connectivity index is 2.09. The molecular weight excluding hydrogens is 262 g/mol. The van der Waals surface area contributed by atoms with Gasteiger partial charge in [0.15, 0.2) is 0 Å². The first-order valence-corrected chi connectivity index (χ1v) is 7.45. The molecule has 2 rings (SSSR count). The Kier molecular flexibility index (Phi) is 5.02. The molecule has 0 saturated carbocycles. The van der Waals surface area contributed by atoms with Crippen molar-refractivity contribution in [2.24, 2.45) is 12.8 Å². The van der Waals surface area contributed by atoms with Gasteiger partial charge in [-0.1, -0.05) is 19.1 Å². The van der Waals surface area contributed by atoms with Crippen LogP contribution < -0.4 is 10.5 Å². The van der Waals surface area contributed by atoms with Gasteiger partial charge in [0.05, 0.1) is 6.20 Å². The molecule has 1 atom stereocenters. The highest BCUT2D eigenvalue weighted by atomic mass is 16.5. The molecule has 0 radical (unpaired) electrons. The second kappa shape index (κ2) is 6.76. The largest absolute Gasteiger partial charge is 0.488 e. The van der Waals surface area contributed by atoms with Gasteiger partial charge in [-0.25, -0.2) is 0 Å². The second-order valence-electron chi connectivity index (χ2n) is 5.74. The zero-order valence-electron chi connectivity index (χ0n) is 13.4. The summed E-state index contributed by atoms with van der Waals surface area (Å²) in [6.45, 7) is 6.85. The first-order chi connectivity index (χ1) is 9.99. The van der Waals surface area contributed by atoms with Crippen molar-refractivity contribution in [3.63, 3.8) is 0 Å². The summed E-state index contributed by atoms with van der Waals surface area (Å²) in [6, 6.07) is 4.59. The number of nitrogens with two attached hydrogens (primary N) is 1. The number of aryl methyl sites for hydroxylation is 3. The molecule has 0 aliphatic rings. The van der Waals surface area contributed by atoms with Crippen LogP contribution in [-0.4, -0.2) is 15.8 Å². The summed E-state index contributed by atoms with van der Waals surface area (Å²) in [5.74, 6) is 0.965. The van der Waals surface area contributed by atoms with E-state index in [1.54, 1.807) is 4.68 Å². The minimum absolute atomic E-state index is 0.228. The maximum Gasteiger partial charge on any atom is 0.125 e. The monoisotopic (exact) mass is 287 g/mol. The molecule has 1 aromatic heterocycles. The second-order valence-corrected chi connectivity index (χ2v) is 5.74. The van der Waals surface area contributed by atoms with Crippen LogP contribution >= 0.6 is 0 Å². The molecule has 2 aromatic rings. The molecule has 0 saturated heterocycles. The molecule has 0 amide bonds. The van der Waals surface area contributed by atoms with Gasteiger partial charge < -0.3 is 10.5 Å². The van der Waals surface area contributed by atoms with Crippen LogP contribution in [0.3, 0.4) is 0 Å². The first-order valence-electron chi connectivity index (χ1n) is 7.45. The molecule has 1 aromatic carbocycles. The van der Waals surface area contributed by atoms with E-state index in [2.05, 4.69) is 38.0 Å². The fourth-order valence-corrected chi connectivity index (χ4v) is 2.53. The lowest BCUT2D eigenvalue weighted by molar-refractivity contribution is 0.301. The molecule has 4 nitrogen and oxygen atoms in total. The highest BCUT2D eigenvalue weighted by Gasteiger charge is 2.09. The standard InChI is InChI=1S/C17H25N3O/c1-5-16(18)8-14-6-12(2)17(13(3)7-14)21-11-15-9-19-20(4)10-15/h6-7,9-10,16H,5,8,11,18H2,1-4H3. The number of aromatic nitrogens is 2. The van der Waals surface area contributed by atoms with Gasteiger partial charge in [-0.2, -0.15) is 5.10 Å². The summed E-state index contributed by atoms with van der Waals surface area (Å²) in [6.07, 6.45) is 5.72. The normalized spacial score (nSPS) is 12.4. The zero-order chi connectivity index (χ0) is 15.4. The lowest BCUT2D eigenvalue weighted by Crippen LogP contribution is -2.21. The van der Waals surface area contributed by atoms with E-state index in [1.807, 2.05) is 19.4 Å². The highest BCUT2D eigenvalue weighted by Crippen LogP contribution is 2.26. The molecule has 0 spiro atoms. The third-order valence-corrected chi connectivity index (χ3v) is 3.68. The van der Waals surface area contributed by atoms with Gasteiger partial charge in [-0.05, 0) is 43.4 Å². The smallest absolute Gasteiger partial charge is 0.125 e. The number of benzene rings is 1. The summed E-state index contributed by atoms with van der Waals surface area (Å²) < 4.78 is 7.75. The van der Waals surface area contributed by atoms with Crippen LogP contribution in [0.5, 0.6) is 5.75 Å². The van der Waals surface area contributed by atoms with E-state index >= 15 is 0 Å². The van der Waals surface area contributed by atoms with Gasteiger partial charge in [0, 0.05) is 24.8 Å². The average Bonchev–Trinajstić information content (AvgIpc) is 2.83. The van der Waals surface area contributed by atoms with Gasteiger partial charge in [-0.15, -0.1) is 0 Å². The molecule has 0 fully saturated rings. The van der Waals surface area contributed by atoms with E-state index in [-0.39, 0.29) is 6.04 Å². The van der Waals surface area contributed by atoms with Crippen LogP contribution in [0.2, 0.25) is 0 Å². The van der Waals surface area contributed by atoms with Crippen molar-refractivity contribution < 1.29 is 4.74 Å². The molecule has 0 aliphatic heterocycles. The molecule has 1 heterocycles. The molecule has 0 aliphatic carbocycles. The van der Waals surface area contributed by atoms with Gasteiger partial charge in [0.1, 0.15) is 12.4 Å². The minimum atomic E-state index is 0.228. The molecule has 4 heteroatoms. The predicted octanol–water partition coefficient (Wildman–Crippen LogP) is 2.90. The van der Waals surface area contributed by atoms with Crippen molar-refractivity contribution in [1.82, 2.24) is 9.78 Å². The van der Waals surface area contributed by atoms with E-state index in [4.69, 9.17) is 10.5 Å². The number of nitrogens with zero attached hydrogens (tertiary/aromatic N) is 2. The van der Waals surface area contributed by atoms with Crippen molar-refractivity contribution in [3.05, 3.63) is 46.8 Å². The van der Waals surface area contributed by atoms with Crippen LogP contribution in [0, 0.1) is 13.8 Å². The molecular formula is C17H25N3O. The van der Waals surface area contributed by atoms with E-state index in [0.29, 0.717) is 6.61 Å². The molecule has 2 N–H and O–H groups in total. The Morgan fingerprint density at radius 2 is 1.90 bits per heavy atom. The Morgan fingerprint density at radius 3 is 2.43 bits per heavy atom. The molecule has 21 heavy (non-hydrogen) atoms. The van der Waals surface area contributed by atoms with Crippen LogP contribution in [-0.2, 0) is 20.1 Å². The van der Waals surface area contributed by atoms with Crippen LogP contribution in [0.1, 0.15) is 35.6 Å². The summed E-state index contributed by atoms with van der Waals surface area (Å²) in [4.78, 5) is 0. The SMILES string of the molecule is CCC(N)Cc1cc(C)c(OCc2cnn(C)c2)c(C)c1. The van der Waals surface area contributed by atoms with Crippen LogP contribution in [0.4, 0.5) is 0 Å². The van der Waals surface area contributed by atoms with Gasteiger partial charge in [0.2, 0.25) is 0 Å². The lowest BCUT2D eigenvalue weighted by Gasteiger charge is -2.15. The lowest BCUT2D eigenvalue weighted by atomic mass is 9.99. The Morgan fingerprint density at radius 1 is 1.24 bits per heavy atom. The van der Waals surface area contributed by atoms with Crippen molar-refractivity contribution >= 4 is 0 Å². The molecule has 0 bridgehead atoms. The highest BCUT2D eigenvalue weighted by molar-refractivity contribution is 5.43. The van der Waals surface area contributed by atoms with E-state index in [9.17, 15) is 0 Å². The van der Waals surface area contributed by atoms with E-state index in [1.165, 1.54) is 5.56 Å².